The molecule has 3 heterocycles. The molecule has 4 atom stereocenters. The first kappa shape index (κ1) is 33.0. The highest BCUT2D eigenvalue weighted by Gasteiger charge is 2.30. The number of likely N-dealkylation sites (N-methyl/N-ethyl adjacent to an activating group) is 1. The molecule has 0 fully saturated rings. The van der Waals surface area contributed by atoms with Crippen molar-refractivity contribution in [1.82, 2.24) is 19.8 Å². The van der Waals surface area contributed by atoms with Gasteiger partial charge in [-0.05, 0) is 88.2 Å². The van der Waals surface area contributed by atoms with Crippen molar-refractivity contribution in [3.05, 3.63) is 83.9 Å². The largest absolute Gasteiger partial charge is 0.490 e. The first-order valence-corrected chi connectivity index (χ1v) is 15.4. The van der Waals surface area contributed by atoms with E-state index in [0.29, 0.717) is 42.3 Å². The Morgan fingerprint density at radius 3 is 2.50 bits per heavy atom. The number of aromatic nitrogens is 2. The minimum Gasteiger partial charge on any atom is -0.490 e. The van der Waals surface area contributed by atoms with Crippen LogP contribution in [0.1, 0.15) is 66.3 Å². The minimum atomic E-state index is -0.451. The van der Waals surface area contributed by atoms with Crippen molar-refractivity contribution in [2.24, 2.45) is 5.92 Å². The van der Waals surface area contributed by atoms with E-state index < -0.39 is 6.04 Å². The number of aliphatic hydroxyl groups is 1. The highest BCUT2D eigenvalue weighted by atomic mass is 16.5. The number of ether oxygens (including phenoxy) is 2. The number of carbonyl (C=O) groups excluding carboxylic acids is 2. The summed E-state index contributed by atoms with van der Waals surface area (Å²) in [4.78, 5) is 39.2. The Balaban J connectivity index is 1.61. The van der Waals surface area contributed by atoms with Gasteiger partial charge in [-0.15, -0.1) is 0 Å². The second-order valence-electron chi connectivity index (χ2n) is 11.8. The molecule has 10 heteroatoms. The Bertz CT molecular complexity index is 1340. The number of fused-ring (bicyclic) bond motifs is 1. The zero-order valence-electron chi connectivity index (χ0n) is 26.2. The van der Waals surface area contributed by atoms with Crippen LogP contribution in [0, 0.1) is 5.92 Å². The summed E-state index contributed by atoms with van der Waals surface area (Å²) in [7, 11) is 2.07. The van der Waals surface area contributed by atoms with Crippen molar-refractivity contribution in [2.75, 3.05) is 38.7 Å². The lowest BCUT2D eigenvalue weighted by molar-refractivity contribution is -0.0177. The zero-order valence-corrected chi connectivity index (χ0v) is 26.2. The van der Waals surface area contributed by atoms with Crippen LogP contribution in [-0.2, 0) is 11.3 Å². The number of amides is 2. The number of pyridine rings is 2. The molecule has 1 aliphatic heterocycles. The van der Waals surface area contributed by atoms with E-state index in [1.54, 1.807) is 60.0 Å². The van der Waals surface area contributed by atoms with Gasteiger partial charge in [-0.25, -0.2) is 0 Å². The molecule has 0 radical (unpaired) electrons. The fourth-order valence-electron chi connectivity index (χ4n) is 5.34. The van der Waals surface area contributed by atoms with Crippen molar-refractivity contribution in [2.45, 2.75) is 64.8 Å². The number of rotatable bonds is 8. The molecule has 10 nitrogen and oxygen atoms in total. The number of hydrogen-bond donors (Lipinski definition) is 2. The smallest absolute Gasteiger partial charge is 0.258 e. The molecule has 236 valence electrons. The summed E-state index contributed by atoms with van der Waals surface area (Å²) in [6, 6.07) is 12.0. The molecule has 2 amide bonds. The first-order chi connectivity index (χ1) is 21.2. The summed E-state index contributed by atoms with van der Waals surface area (Å²) in [5.74, 6) is -0.163. The van der Waals surface area contributed by atoms with E-state index in [2.05, 4.69) is 34.2 Å². The van der Waals surface area contributed by atoms with Gasteiger partial charge in [0.1, 0.15) is 5.75 Å². The van der Waals surface area contributed by atoms with Gasteiger partial charge in [0.15, 0.2) is 0 Å². The number of anilines is 1. The second-order valence-corrected chi connectivity index (χ2v) is 11.8. The Morgan fingerprint density at radius 2 is 1.80 bits per heavy atom. The number of hydrogen-bond acceptors (Lipinski definition) is 8. The number of nitrogens with one attached hydrogen (secondary N) is 1. The quantitative estimate of drug-likeness (QED) is 0.382. The molecule has 4 rings (SSSR count). The first-order valence-electron chi connectivity index (χ1n) is 15.4. The van der Waals surface area contributed by atoms with Crippen LogP contribution in [0.25, 0.3) is 0 Å². The van der Waals surface area contributed by atoms with Gasteiger partial charge in [0.2, 0.25) is 0 Å². The molecule has 0 spiro atoms. The van der Waals surface area contributed by atoms with Gasteiger partial charge in [0, 0.05) is 68.2 Å². The Kier molecular flexibility index (Phi) is 12.2. The third kappa shape index (κ3) is 9.32. The average molecular weight is 604 g/mol. The van der Waals surface area contributed by atoms with E-state index in [0.717, 1.165) is 25.8 Å². The fraction of sp³-hybridized carbons (Fsp3) is 0.471. The van der Waals surface area contributed by atoms with Crippen molar-refractivity contribution in [3.8, 4) is 5.75 Å². The SMILES string of the molecule is C[C@@H]1CN([C@H](C)CO)C(=O)c2cc(NC(=O)c3ccncc3)ccc2O[C@@H](C)CCCCO[C@@H]1CN(C)Cc1ccncc1. The summed E-state index contributed by atoms with van der Waals surface area (Å²) >= 11 is 0. The van der Waals surface area contributed by atoms with Gasteiger partial charge >= 0.3 is 0 Å². The maximum absolute atomic E-state index is 14.3. The van der Waals surface area contributed by atoms with E-state index in [1.807, 2.05) is 26.0 Å². The van der Waals surface area contributed by atoms with Gasteiger partial charge in [-0.3, -0.25) is 24.5 Å². The van der Waals surface area contributed by atoms with Crippen LogP contribution >= 0.6 is 0 Å². The molecular weight excluding hydrogens is 558 g/mol. The van der Waals surface area contributed by atoms with Crippen LogP contribution < -0.4 is 10.1 Å². The van der Waals surface area contributed by atoms with Crippen molar-refractivity contribution in [3.63, 3.8) is 0 Å². The van der Waals surface area contributed by atoms with Gasteiger partial charge in [0.25, 0.3) is 11.8 Å². The molecular formula is C34H45N5O5. The van der Waals surface area contributed by atoms with Crippen LogP contribution in [0.3, 0.4) is 0 Å². The lowest BCUT2D eigenvalue weighted by Gasteiger charge is -2.36. The molecule has 0 bridgehead atoms. The second kappa shape index (κ2) is 16.3. The molecule has 2 N–H and O–H groups in total. The minimum absolute atomic E-state index is 0.0337. The number of benzene rings is 1. The molecule has 0 saturated heterocycles. The third-order valence-corrected chi connectivity index (χ3v) is 7.95. The Hall–Kier alpha value is -3.86. The maximum atomic E-state index is 14.3. The van der Waals surface area contributed by atoms with Crippen LogP contribution in [0.4, 0.5) is 5.69 Å². The molecule has 44 heavy (non-hydrogen) atoms. The van der Waals surface area contributed by atoms with Gasteiger partial charge < -0.3 is 24.8 Å². The van der Waals surface area contributed by atoms with Gasteiger partial charge in [-0.2, -0.15) is 0 Å². The Morgan fingerprint density at radius 1 is 1.09 bits per heavy atom. The number of carbonyl (C=O) groups is 2. The molecule has 3 aromatic rings. The fourth-order valence-corrected chi connectivity index (χ4v) is 5.34. The lowest BCUT2D eigenvalue weighted by atomic mass is 10.0. The summed E-state index contributed by atoms with van der Waals surface area (Å²) < 4.78 is 12.8. The van der Waals surface area contributed by atoms with Crippen LogP contribution in [0.2, 0.25) is 0 Å². The van der Waals surface area contributed by atoms with E-state index >= 15 is 0 Å². The average Bonchev–Trinajstić information content (AvgIpc) is 3.03. The zero-order chi connectivity index (χ0) is 31.5. The van der Waals surface area contributed by atoms with Gasteiger partial charge in [-0.1, -0.05) is 6.92 Å². The van der Waals surface area contributed by atoms with E-state index in [4.69, 9.17) is 9.47 Å². The molecule has 0 unspecified atom stereocenters. The normalized spacial score (nSPS) is 20.7. The van der Waals surface area contributed by atoms with Crippen LogP contribution in [-0.4, -0.2) is 88.3 Å². The van der Waals surface area contributed by atoms with Crippen molar-refractivity contribution in [1.29, 1.82) is 0 Å². The highest BCUT2D eigenvalue weighted by Crippen LogP contribution is 2.29. The van der Waals surface area contributed by atoms with Crippen molar-refractivity contribution < 1.29 is 24.2 Å². The molecule has 1 aromatic carbocycles. The predicted octanol–water partition coefficient (Wildman–Crippen LogP) is 4.66. The standard InChI is InChI=1S/C34H45N5O5/c1-24-20-39(25(2)23-40)34(42)30-19-29(37-33(41)28-12-16-36-17-13-28)8-9-31(30)44-26(3)7-5-6-18-43-32(24)22-38(4)21-27-10-14-35-15-11-27/h8-17,19,24-26,32,40H,5-7,18,20-23H2,1-4H3,(H,37,41)/t24-,25-,26+,32-/m1/s1. The Labute approximate surface area is 260 Å². The number of nitrogens with zero attached hydrogens (tertiary/aromatic N) is 4. The van der Waals surface area contributed by atoms with E-state index in [1.165, 1.54) is 5.56 Å². The van der Waals surface area contributed by atoms with Crippen molar-refractivity contribution >= 4 is 17.5 Å². The third-order valence-electron chi connectivity index (χ3n) is 7.95. The topological polar surface area (TPSA) is 117 Å². The highest BCUT2D eigenvalue weighted by molar-refractivity contribution is 6.05. The molecule has 0 aliphatic carbocycles. The monoisotopic (exact) mass is 603 g/mol. The number of aliphatic hydroxyl groups excluding tert-OH is 1. The van der Waals surface area contributed by atoms with Crippen LogP contribution in [0.15, 0.2) is 67.3 Å². The lowest BCUT2D eigenvalue weighted by Crippen LogP contribution is -2.47. The molecule has 0 saturated carbocycles. The molecule has 1 aliphatic rings. The van der Waals surface area contributed by atoms with E-state index in [9.17, 15) is 14.7 Å². The summed E-state index contributed by atoms with van der Waals surface area (Å²) in [5, 5.41) is 13.1. The summed E-state index contributed by atoms with van der Waals surface area (Å²) in [6.45, 7) is 8.14. The predicted molar refractivity (Wildman–Crippen MR) is 170 cm³/mol. The van der Waals surface area contributed by atoms with Gasteiger partial charge in [0.05, 0.1) is 30.4 Å². The van der Waals surface area contributed by atoms with Crippen LogP contribution in [0.5, 0.6) is 5.75 Å². The maximum Gasteiger partial charge on any atom is 0.258 e. The summed E-state index contributed by atoms with van der Waals surface area (Å²) in [6.07, 6.45) is 9.05. The van der Waals surface area contributed by atoms with E-state index in [-0.39, 0.29) is 36.5 Å². The summed E-state index contributed by atoms with van der Waals surface area (Å²) in [5.41, 5.74) is 2.43. The molecule has 2 aromatic heterocycles.